The van der Waals surface area contributed by atoms with Gasteiger partial charge in [0.1, 0.15) is 23.6 Å². The third-order valence-corrected chi connectivity index (χ3v) is 10.4. The number of likely N-dealkylation sites (N-methyl/N-ethyl adjacent to an activating group) is 1. The molecule has 0 radical (unpaired) electrons. The Morgan fingerprint density at radius 1 is 1.02 bits per heavy atom. The van der Waals surface area contributed by atoms with Crippen molar-refractivity contribution in [2.45, 2.75) is 84.3 Å². The molecule has 3 atom stereocenters. The predicted octanol–water partition coefficient (Wildman–Crippen LogP) is 3.24. The van der Waals surface area contributed by atoms with Crippen LogP contribution in [0.2, 0.25) is 0 Å². The van der Waals surface area contributed by atoms with Crippen molar-refractivity contribution >= 4 is 29.3 Å². The fourth-order valence-corrected chi connectivity index (χ4v) is 6.98. The normalized spacial score (nSPS) is 19.7. The third kappa shape index (κ3) is 8.60. The Bertz CT molecular complexity index is 1710. The van der Waals surface area contributed by atoms with E-state index in [1.807, 2.05) is 20.9 Å². The van der Waals surface area contributed by atoms with Crippen molar-refractivity contribution in [3.05, 3.63) is 52.9 Å². The fourth-order valence-electron chi connectivity index (χ4n) is 6.98. The number of nitrogens with zero attached hydrogens (tertiary/aromatic N) is 6. The minimum Gasteiger partial charge on any atom is -0.493 e. The number of rotatable bonds is 13. The summed E-state index contributed by atoms with van der Waals surface area (Å²) in [5, 5.41) is 20.1. The lowest BCUT2D eigenvalue weighted by atomic mass is 9.79. The van der Waals surface area contributed by atoms with E-state index in [4.69, 9.17) is 9.37 Å². The summed E-state index contributed by atoms with van der Waals surface area (Å²) in [6.45, 7) is 10.3. The highest BCUT2D eigenvalue weighted by Crippen LogP contribution is 2.32. The van der Waals surface area contributed by atoms with Gasteiger partial charge < -0.3 is 30.5 Å². The molecule has 3 aromatic rings. The molecule has 2 fully saturated rings. The van der Waals surface area contributed by atoms with Crippen LogP contribution in [0.15, 0.2) is 29.0 Å². The molecule has 15 nitrogen and oxygen atoms in total. The molecule has 3 N–H and O–H groups in total. The number of methoxy groups -OCH3 is 1. The molecule has 1 aliphatic carbocycles. The highest BCUT2D eigenvalue weighted by molar-refractivity contribution is 6.01. The second-order valence-corrected chi connectivity index (χ2v) is 13.9. The monoisotopic (exact) mass is 723 g/mol. The number of aromatic nitrogens is 4. The van der Waals surface area contributed by atoms with Crippen molar-refractivity contribution in [3.8, 4) is 5.75 Å². The molecule has 52 heavy (non-hydrogen) atoms. The SMILES string of the molecule is CCc1nonc1C(=O)N[C@@H](C(=O)Nc1ccc([C@@H](C)[C@H](NC(=O)c2c(OC)cnn2CC)C(=O)N2CCN(C)CC2)cc1F)C1CCC(C)CC1. The molecule has 16 heteroatoms. The number of benzene rings is 1. The summed E-state index contributed by atoms with van der Waals surface area (Å²) < 4.78 is 27.5. The molecule has 2 aromatic heterocycles. The Balaban J connectivity index is 1.37. The van der Waals surface area contributed by atoms with E-state index in [-0.39, 0.29) is 34.6 Å². The Hall–Kier alpha value is -4.86. The zero-order valence-corrected chi connectivity index (χ0v) is 30.8. The summed E-state index contributed by atoms with van der Waals surface area (Å²) in [5.41, 5.74) is 0.928. The molecule has 1 aliphatic heterocycles. The summed E-state index contributed by atoms with van der Waals surface area (Å²) in [6.07, 6.45) is 5.10. The molecular formula is C36H50FN9O6. The van der Waals surface area contributed by atoms with Gasteiger partial charge in [0.15, 0.2) is 17.1 Å². The van der Waals surface area contributed by atoms with Crippen molar-refractivity contribution < 1.29 is 32.9 Å². The third-order valence-electron chi connectivity index (χ3n) is 10.4. The van der Waals surface area contributed by atoms with Gasteiger partial charge in [0.25, 0.3) is 11.8 Å². The second-order valence-electron chi connectivity index (χ2n) is 13.9. The number of halogens is 1. The molecule has 1 saturated carbocycles. The zero-order chi connectivity index (χ0) is 37.5. The standard InChI is InChI=1S/C36H50FN9O6/c1-7-26-31(43-52-42-26)34(48)41-30(23-11-9-21(3)10-12-23)33(47)39-27-14-13-24(19-25(27)37)22(4)29(36(50)45-17-15-44(5)16-18-45)40-35(49)32-28(51-6)20-38-46(32)8-2/h13-14,19-23,29-30H,7-12,15-18H2,1-6H3,(H,39,47)(H,40,49)(H,41,48)/t21?,22-,23?,29+,30-/m1/s1. The Morgan fingerprint density at radius 3 is 2.37 bits per heavy atom. The van der Waals surface area contributed by atoms with Gasteiger partial charge in [-0.25, -0.2) is 9.02 Å². The van der Waals surface area contributed by atoms with Gasteiger partial charge in [0.2, 0.25) is 11.8 Å². The first-order valence-electron chi connectivity index (χ1n) is 18.1. The van der Waals surface area contributed by atoms with Gasteiger partial charge in [-0.2, -0.15) is 5.10 Å². The molecule has 1 aromatic carbocycles. The van der Waals surface area contributed by atoms with Gasteiger partial charge in [-0.05, 0) is 67.9 Å². The maximum atomic E-state index is 15.9. The number of amides is 4. The van der Waals surface area contributed by atoms with Crippen molar-refractivity contribution in [2.75, 3.05) is 45.7 Å². The van der Waals surface area contributed by atoms with E-state index in [2.05, 4.69) is 43.2 Å². The van der Waals surface area contributed by atoms with Crippen LogP contribution in [0.5, 0.6) is 5.75 Å². The molecular weight excluding hydrogens is 673 g/mol. The Morgan fingerprint density at radius 2 is 1.73 bits per heavy atom. The number of carbonyl (C=O) groups is 4. The minimum atomic E-state index is -1.05. The highest BCUT2D eigenvalue weighted by atomic mass is 19.1. The molecule has 282 valence electrons. The van der Waals surface area contributed by atoms with E-state index in [0.29, 0.717) is 56.3 Å². The summed E-state index contributed by atoms with van der Waals surface area (Å²) in [6, 6.07) is 2.33. The van der Waals surface area contributed by atoms with Gasteiger partial charge in [0.05, 0.1) is 19.0 Å². The second kappa shape index (κ2) is 17.1. The number of carbonyl (C=O) groups excluding carboxylic acids is 4. The van der Waals surface area contributed by atoms with E-state index < -0.39 is 41.5 Å². The van der Waals surface area contributed by atoms with Crippen LogP contribution in [-0.2, 0) is 22.6 Å². The van der Waals surface area contributed by atoms with Crippen LogP contribution >= 0.6 is 0 Å². The molecule has 5 rings (SSSR count). The molecule has 0 spiro atoms. The zero-order valence-electron chi connectivity index (χ0n) is 30.8. The maximum Gasteiger partial charge on any atom is 0.276 e. The van der Waals surface area contributed by atoms with E-state index in [1.165, 1.54) is 30.1 Å². The summed E-state index contributed by atoms with van der Waals surface area (Å²) in [5.74, 6) is -2.76. The maximum absolute atomic E-state index is 15.9. The summed E-state index contributed by atoms with van der Waals surface area (Å²) >= 11 is 0. The van der Waals surface area contributed by atoms with Crippen molar-refractivity contribution in [3.63, 3.8) is 0 Å². The molecule has 3 heterocycles. The number of ether oxygens (including phenoxy) is 1. The smallest absolute Gasteiger partial charge is 0.276 e. The van der Waals surface area contributed by atoms with Crippen LogP contribution in [0.3, 0.4) is 0 Å². The first-order chi connectivity index (χ1) is 24.9. The van der Waals surface area contributed by atoms with Crippen LogP contribution < -0.4 is 20.7 Å². The van der Waals surface area contributed by atoms with Gasteiger partial charge in [0, 0.05) is 38.6 Å². The molecule has 0 bridgehead atoms. The van der Waals surface area contributed by atoms with Crippen LogP contribution in [0, 0.1) is 17.7 Å². The van der Waals surface area contributed by atoms with Crippen LogP contribution in [0.25, 0.3) is 0 Å². The minimum absolute atomic E-state index is 0.0133. The van der Waals surface area contributed by atoms with Crippen molar-refractivity contribution in [1.29, 1.82) is 0 Å². The average Bonchev–Trinajstić information content (AvgIpc) is 3.81. The molecule has 0 unspecified atom stereocenters. The molecule has 1 saturated heterocycles. The van der Waals surface area contributed by atoms with Crippen molar-refractivity contribution in [1.82, 2.24) is 40.5 Å². The van der Waals surface area contributed by atoms with E-state index >= 15 is 4.39 Å². The van der Waals surface area contributed by atoms with E-state index in [0.717, 1.165) is 25.7 Å². The Labute approximate surface area is 302 Å². The lowest BCUT2D eigenvalue weighted by Crippen LogP contribution is -2.56. The highest BCUT2D eigenvalue weighted by Gasteiger charge is 2.36. The lowest BCUT2D eigenvalue weighted by Gasteiger charge is -2.36. The van der Waals surface area contributed by atoms with Gasteiger partial charge in [-0.1, -0.05) is 44.8 Å². The predicted molar refractivity (Wildman–Crippen MR) is 189 cm³/mol. The van der Waals surface area contributed by atoms with Crippen LogP contribution in [-0.4, -0.2) is 106 Å². The topological polar surface area (TPSA) is 177 Å². The number of piperazine rings is 1. The van der Waals surface area contributed by atoms with Crippen LogP contribution in [0.4, 0.5) is 10.1 Å². The quantitative estimate of drug-likeness (QED) is 0.237. The van der Waals surface area contributed by atoms with Crippen LogP contribution in [0.1, 0.15) is 91.5 Å². The first kappa shape index (κ1) is 38.4. The number of nitrogens with one attached hydrogen (secondary N) is 3. The van der Waals surface area contributed by atoms with Gasteiger partial charge in [-0.3, -0.25) is 23.9 Å². The largest absolute Gasteiger partial charge is 0.493 e. The summed E-state index contributed by atoms with van der Waals surface area (Å²) in [7, 11) is 3.42. The number of hydrogen-bond donors (Lipinski definition) is 3. The lowest BCUT2D eigenvalue weighted by molar-refractivity contribution is -0.135. The van der Waals surface area contributed by atoms with E-state index in [9.17, 15) is 19.2 Å². The first-order valence-corrected chi connectivity index (χ1v) is 18.1. The number of hydrogen-bond acceptors (Lipinski definition) is 10. The van der Waals surface area contributed by atoms with Crippen molar-refractivity contribution in [2.24, 2.45) is 11.8 Å². The number of anilines is 1. The molecule has 2 aliphatic rings. The number of aryl methyl sites for hydroxylation is 2. The summed E-state index contributed by atoms with van der Waals surface area (Å²) in [4.78, 5) is 58.6. The fraction of sp³-hybridized carbons (Fsp3) is 0.583. The Kier molecular flexibility index (Phi) is 12.6. The average molecular weight is 724 g/mol. The van der Waals surface area contributed by atoms with Gasteiger partial charge >= 0.3 is 0 Å². The molecule has 4 amide bonds. The van der Waals surface area contributed by atoms with E-state index in [1.54, 1.807) is 17.9 Å². The van der Waals surface area contributed by atoms with Gasteiger partial charge in [-0.15, -0.1) is 0 Å².